The van der Waals surface area contributed by atoms with Gasteiger partial charge in [-0.15, -0.1) is 0 Å². The van der Waals surface area contributed by atoms with E-state index in [0.29, 0.717) is 12.4 Å². The molecule has 1 heterocycles. The molecule has 5 rings (SSSR count). The average Bonchev–Trinajstić information content (AvgIpc) is 2.55. The molecule has 1 N–H and O–H groups in total. The molecule has 4 aromatic carbocycles. The van der Waals surface area contributed by atoms with E-state index in [1.54, 1.807) is 0 Å². The van der Waals surface area contributed by atoms with E-state index in [9.17, 15) is 5.11 Å². The summed E-state index contributed by atoms with van der Waals surface area (Å²) < 4.78 is 5.67. The van der Waals surface area contributed by atoms with E-state index in [4.69, 9.17) is 4.74 Å². The molecule has 0 fully saturated rings. The highest BCUT2D eigenvalue weighted by atomic mass is 16.5. The van der Waals surface area contributed by atoms with E-state index < -0.39 is 0 Å². The molecule has 1 aliphatic rings. The highest BCUT2D eigenvalue weighted by Gasteiger charge is 2.20. The summed E-state index contributed by atoms with van der Waals surface area (Å²) in [4.78, 5) is 0. The fourth-order valence-electron chi connectivity index (χ4n) is 3.49. The first-order valence-corrected chi connectivity index (χ1v) is 7.06. The number of benzene rings is 4. The lowest BCUT2D eigenvalue weighted by Gasteiger charge is -2.20. The first-order chi connectivity index (χ1) is 10.3. The molecule has 0 spiro atoms. The Morgan fingerprint density at radius 1 is 0.857 bits per heavy atom. The highest BCUT2D eigenvalue weighted by molar-refractivity contribution is 6.26. The largest absolute Gasteiger partial charge is 0.504 e. The molecule has 1 aliphatic heterocycles. The van der Waals surface area contributed by atoms with Crippen molar-refractivity contribution in [3.8, 4) is 11.5 Å². The van der Waals surface area contributed by atoms with Crippen LogP contribution in [0.5, 0.6) is 11.5 Å². The standard InChI is InChI=1S/C19H12O2/c20-18-15-9-7-12-4-1-3-11-6-8-13(17(15)16(11)12)14-5-2-10-21-19(14)18/h1-9,20H,10H2. The number of aromatic hydroxyl groups is 1. The first kappa shape index (κ1) is 11.0. The van der Waals surface area contributed by atoms with Gasteiger partial charge in [-0.2, -0.15) is 0 Å². The van der Waals surface area contributed by atoms with Crippen LogP contribution in [-0.2, 0) is 0 Å². The van der Waals surface area contributed by atoms with Gasteiger partial charge in [0, 0.05) is 16.3 Å². The van der Waals surface area contributed by atoms with Crippen molar-refractivity contribution in [2.75, 3.05) is 6.61 Å². The van der Waals surface area contributed by atoms with Crippen LogP contribution in [0.15, 0.2) is 48.5 Å². The van der Waals surface area contributed by atoms with Crippen molar-refractivity contribution in [1.29, 1.82) is 0 Å². The molecule has 0 bridgehead atoms. The minimum absolute atomic E-state index is 0.250. The van der Waals surface area contributed by atoms with Gasteiger partial charge in [-0.25, -0.2) is 0 Å². The number of phenols is 1. The summed E-state index contributed by atoms with van der Waals surface area (Å²) in [6.07, 6.45) is 4.03. The van der Waals surface area contributed by atoms with Gasteiger partial charge < -0.3 is 9.84 Å². The fraction of sp³-hybridized carbons (Fsp3) is 0.0526. The second-order valence-corrected chi connectivity index (χ2v) is 5.49. The number of fused-ring (bicyclic) bond motifs is 2. The summed E-state index contributed by atoms with van der Waals surface area (Å²) in [7, 11) is 0. The minimum atomic E-state index is 0.250. The second-order valence-electron chi connectivity index (χ2n) is 5.49. The van der Waals surface area contributed by atoms with E-state index in [0.717, 1.165) is 21.7 Å². The Balaban J connectivity index is 2.17. The van der Waals surface area contributed by atoms with E-state index in [1.165, 1.54) is 16.2 Å². The van der Waals surface area contributed by atoms with Gasteiger partial charge in [0.25, 0.3) is 0 Å². The molecular weight excluding hydrogens is 260 g/mol. The lowest BCUT2D eigenvalue weighted by atomic mass is 9.90. The van der Waals surface area contributed by atoms with Crippen LogP contribution in [0.1, 0.15) is 5.56 Å². The average molecular weight is 272 g/mol. The van der Waals surface area contributed by atoms with Crippen LogP contribution in [0.2, 0.25) is 0 Å². The van der Waals surface area contributed by atoms with E-state index >= 15 is 0 Å². The molecule has 21 heavy (non-hydrogen) atoms. The monoisotopic (exact) mass is 272 g/mol. The molecule has 0 unspecified atom stereocenters. The van der Waals surface area contributed by atoms with Crippen molar-refractivity contribution in [2.24, 2.45) is 0 Å². The number of phenolic OH excluding ortho intramolecular Hbond substituents is 1. The maximum Gasteiger partial charge on any atom is 0.169 e. The zero-order chi connectivity index (χ0) is 14.0. The van der Waals surface area contributed by atoms with Crippen LogP contribution in [0.4, 0.5) is 0 Å². The molecule has 0 atom stereocenters. The summed E-state index contributed by atoms with van der Waals surface area (Å²) >= 11 is 0. The van der Waals surface area contributed by atoms with E-state index in [1.807, 2.05) is 18.2 Å². The molecule has 0 aromatic heterocycles. The van der Waals surface area contributed by atoms with Crippen LogP contribution in [-0.4, -0.2) is 11.7 Å². The lowest BCUT2D eigenvalue weighted by Crippen LogP contribution is -2.02. The molecule has 0 saturated heterocycles. The maximum atomic E-state index is 10.6. The van der Waals surface area contributed by atoms with Crippen LogP contribution in [0.25, 0.3) is 38.4 Å². The maximum absolute atomic E-state index is 10.6. The lowest BCUT2D eigenvalue weighted by molar-refractivity contribution is 0.335. The molecular formula is C19H12O2. The van der Waals surface area contributed by atoms with E-state index in [2.05, 4.69) is 36.4 Å². The molecule has 100 valence electrons. The van der Waals surface area contributed by atoms with Gasteiger partial charge >= 0.3 is 0 Å². The smallest absolute Gasteiger partial charge is 0.169 e. The molecule has 0 radical (unpaired) electrons. The number of ether oxygens (including phenoxy) is 1. The van der Waals surface area contributed by atoms with Gasteiger partial charge in [-0.1, -0.05) is 42.5 Å². The van der Waals surface area contributed by atoms with Crippen LogP contribution < -0.4 is 4.74 Å². The Labute approximate surface area is 121 Å². The Hall–Kier alpha value is -2.74. The zero-order valence-electron chi connectivity index (χ0n) is 11.3. The van der Waals surface area contributed by atoms with E-state index in [-0.39, 0.29) is 5.75 Å². The van der Waals surface area contributed by atoms with Crippen molar-refractivity contribution in [3.63, 3.8) is 0 Å². The van der Waals surface area contributed by atoms with Crippen LogP contribution in [0.3, 0.4) is 0 Å². The summed E-state index contributed by atoms with van der Waals surface area (Å²) in [5, 5.41) is 17.3. The SMILES string of the molecule is Oc1c2c(c3ccc4cccc5ccc1c3c54)C=CCO2. The molecule has 0 aliphatic carbocycles. The minimum Gasteiger partial charge on any atom is -0.504 e. The Kier molecular flexibility index (Phi) is 1.92. The second kappa shape index (κ2) is 3.67. The zero-order valence-corrected chi connectivity index (χ0v) is 11.3. The van der Waals surface area contributed by atoms with Crippen molar-refractivity contribution < 1.29 is 9.84 Å². The van der Waals surface area contributed by atoms with Gasteiger partial charge in [-0.3, -0.25) is 0 Å². The van der Waals surface area contributed by atoms with Gasteiger partial charge in [0.2, 0.25) is 0 Å². The third kappa shape index (κ3) is 1.27. The quantitative estimate of drug-likeness (QED) is 0.470. The molecule has 2 heteroatoms. The Morgan fingerprint density at radius 3 is 2.43 bits per heavy atom. The first-order valence-electron chi connectivity index (χ1n) is 7.06. The normalized spacial score (nSPS) is 13.9. The number of hydrogen-bond donors (Lipinski definition) is 1. The number of rotatable bonds is 0. The molecule has 2 nitrogen and oxygen atoms in total. The Bertz CT molecular complexity index is 1030. The van der Waals surface area contributed by atoms with Gasteiger partial charge in [0.15, 0.2) is 11.5 Å². The van der Waals surface area contributed by atoms with Crippen molar-refractivity contribution in [3.05, 3.63) is 54.1 Å². The molecule has 4 aromatic rings. The van der Waals surface area contributed by atoms with Crippen molar-refractivity contribution in [1.82, 2.24) is 0 Å². The predicted octanol–water partition coefficient (Wildman–Crippen LogP) is 4.70. The van der Waals surface area contributed by atoms with Crippen molar-refractivity contribution >= 4 is 38.4 Å². The van der Waals surface area contributed by atoms with Gasteiger partial charge in [0.1, 0.15) is 6.61 Å². The number of hydrogen-bond acceptors (Lipinski definition) is 2. The third-order valence-corrected chi connectivity index (χ3v) is 4.39. The fourth-order valence-corrected chi connectivity index (χ4v) is 3.49. The summed E-state index contributed by atoms with van der Waals surface area (Å²) in [6, 6.07) is 14.6. The predicted molar refractivity (Wildman–Crippen MR) is 86.3 cm³/mol. The Morgan fingerprint density at radius 2 is 1.62 bits per heavy atom. The molecule has 0 saturated carbocycles. The summed E-state index contributed by atoms with van der Waals surface area (Å²) in [6.45, 7) is 0.508. The van der Waals surface area contributed by atoms with Crippen molar-refractivity contribution in [2.45, 2.75) is 0 Å². The third-order valence-electron chi connectivity index (χ3n) is 4.39. The summed E-state index contributed by atoms with van der Waals surface area (Å²) in [5.74, 6) is 0.850. The summed E-state index contributed by atoms with van der Waals surface area (Å²) in [5.41, 5.74) is 0.976. The van der Waals surface area contributed by atoms with Gasteiger partial charge in [0.05, 0.1) is 0 Å². The topological polar surface area (TPSA) is 29.5 Å². The molecule has 0 amide bonds. The van der Waals surface area contributed by atoms with Gasteiger partial charge in [-0.05, 0) is 33.7 Å². The van der Waals surface area contributed by atoms with Crippen LogP contribution >= 0.6 is 0 Å². The highest BCUT2D eigenvalue weighted by Crippen LogP contribution is 2.47. The van der Waals surface area contributed by atoms with Crippen LogP contribution in [0, 0.1) is 0 Å².